The first-order valence-electron chi connectivity index (χ1n) is 1.43. The molecule has 0 saturated carbocycles. The van der Waals surface area contributed by atoms with Gasteiger partial charge in [-0.1, -0.05) is 0 Å². The first-order chi connectivity index (χ1) is 3.68. The summed E-state index contributed by atoms with van der Waals surface area (Å²) in [7, 11) is 7.87. The predicted octanol–water partition coefficient (Wildman–Crippen LogP) is 1.91. The van der Waals surface area contributed by atoms with Crippen LogP contribution in [0.5, 0.6) is 0 Å². The topological polar surface area (TPSA) is 9.23 Å². The monoisotopic (exact) mass is 396 g/mol. The van der Waals surface area contributed by atoms with Crippen molar-refractivity contribution in [2.24, 2.45) is 0 Å². The molecule has 0 bridgehead atoms. The molecule has 0 aromatic rings. The zero-order valence-electron chi connectivity index (χ0n) is 4.01. The normalized spacial score (nSPS) is 7.50. The molecule has 50 valence electrons. The SMILES string of the molecule is [B]B(I)OC.[Br][Ni][Br]. The summed E-state index contributed by atoms with van der Waals surface area (Å²) in [5.74, 6) is 0. The van der Waals surface area contributed by atoms with Crippen molar-refractivity contribution in [2.75, 3.05) is 7.11 Å². The van der Waals surface area contributed by atoms with Gasteiger partial charge in [-0.25, -0.2) is 0 Å². The van der Waals surface area contributed by atoms with Crippen LogP contribution in [0.15, 0.2) is 0 Å². The van der Waals surface area contributed by atoms with Crippen LogP contribution in [0.4, 0.5) is 0 Å². The van der Waals surface area contributed by atoms with Crippen molar-refractivity contribution in [2.45, 2.75) is 0 Å². The third-order valence-corrected chi connectivity index (χ3v) is 0.734. The molecule has 7 heteroatoms. The van der Waals surface area contributed by atoms with Crippen molar-refractivity contribution in [3.05, 3.63) is 0 Å². The van der Waals surface area contributed by atoms with Crippen molar-refractivity contribution in [1.82, 2.24) is 0 Å². The molecule has 0 aliphatic rings. The summed E-state index contributed by atoms with van der Waals surface area (Å²) in [5, 5.41) is 0. The fourth-order valence-electron chi connectivity index (χ4n) is 0. The van der Waals surface area contributed by atoms with Crippen LogP contribution in [0.25, 0.3) is 0 Å². The average molecular weight is 398 g/mol. The predicted molar refractivity (Wildman–Crippen MR) is 50.4 cm³/mol. The second-order valence-electron chi connectivity index (χ2n) is 0.632. The number of rotatable bonds is 1. The van der Waals surface area contributed by atoms with E-state index in [2.05, 4.69) is 33.1 Å². The summed E-state index contributed by atoms with van der Waals surface area (Å²) in [4.78, 5) is 0. The van der Waals surface area contributed by atoms with Crippen LogP contribution < -0.4 is 0 Å². The minimum atomic E-state index is -0.146. The molecule has 0 rings (SSSR count). The third kappa shape index (κ3) is 24.0. The van der Waals surface area contributed by atoms with E-state index in [9.17, 15) is 0 Å². The summed E-state index contributed by atoms with van der Waals surface area (Å²) in [5.41, 5.74) is 0. The molecule has 0 saturated heterocycles. The Morgan fingerprint density at radius 1 is 1.75 bits per heavy atom. The molecule has 0 fully saturated rings. The number of hydrogen-bond acceptors (Lipinski definition) is 1. The Morgan fingerprint density at radius 3 is 1.88 bits per heavy atom. The van der Waals surface area contributed by atoms with Gasteiger partial charge in [0.05, 0.1) is 7.74 Å². The maximum absolute atomic E-state index is 5.06. The van der Waals surface area contributed by atoms with E-state index < -0.39 is 0 Å². The molecule has 0 heterocycles. The number of hydrogen-bond donors (Lipinski definition) is 0. The van der Waals surface area contributed by atoms with Gasteiger partial charge < -0.3 is 4.65 Å². The fraction of sp³-hybridized carbons (Fsp3) is 1.00. The molecular weight excluding hydrogens is 395 g/mol. The van der Waals surface area contributed by atoms with Gasteiger partial charge in [-0.05, 0) is 0 Å². The summed E-state index contributed by atoms with van der Waals surface area (Å²) in [6.45, 7) is 0. The molecule has 1 nitrogen and oxygen atoms in total. The van der Waals surface area contributed by atoms with E-state index >= 15 is 0 Å². The second-order valence-corrected chi connectivity index (χ2v) is 6.84. The van der Waals surface area contributed by atoms with Crippen molar-refractivity contribution in [1.29, 1.82) is 0 Å². The van der Waals surface area contributed by atoms with Crippen LogP contribution in [-0.2, 0) is 15.6 Å². The van der Waals surface area contributed by atoms with Crippen molar-refractivity contribution < 1.29 is 15.6 Å². The van der Waals surface area contributed by atoms with Crippen LogP contribution >= 0.6 is 50.8 Å². The molecule has 0 atom stereocenters. The summed E-state index contributed by atoms with van der Waals surface area (Å²) in [6, 6.07) is 0. The Bertz CT molecular complexity index is 41.2. The van der Waals surface area contributed by atoms with Gasteiger partial charge in [0, 0.05) is 7.11 Å². The van der Waals surface area contributed by atoms with E-state index in [1.807, 2.05) is 22.4 Å². The molecule has 0 aliphatic heterocycles. The molecule has 0 aromatic carbocycles. The quantitative estimate of drug-likeness (QED) is 0.485. The minimum absolute atomic E-state index is 0.146. The van der Waals surface area contributed by atoms with Crippen LogP contribution in [0.1, 0.15) is 0 Å². The second kappa shape index (κ2) is 12.0. The molecule has 2 radical (unpaired) electrons. The Balaban J connectivity index is 0. The zero-order valence-corrected chi connectivity index (χ0v) is 10.3. The summed E-state index contributed by atoms with van der Waals surface area (Å²) in [6.07, 6.45) is 0. The molecule has 0 spiro atoms. The van der Waals surface area contributed by atoms with Gasteiger partial charge in [-0.2, -0.15) is 0 Å². The Hall–Kier alpha value is 2.27. The van der Waals surface area contributed by atoms with Gasteiger partial charge in [0.15, 0.2) is 0 Å². The number of halogens is 3. The van der Waals surface area contributed by atoms with Crippen molar-refractivity contribution in [3.8, 4) is 0 Å². The molecule has 0 N–H and O–H groups in total. The fourth-order valence-corrected chi connectivity index (χ4v) is 0. The molecule has 0 aromatic heterocycles. The van der Waals surface area contributed by atoms with Crippen molar-refractivity contribution in [3.63, 3.8) is 0 Å². The van der Waals surface area contributed by atoms with E-state index in [0.717, 1.165) is 0 Å². The Morgan fingerprint density at radius 2 is 1.88 bits per heavy atom. The van der Waals surface area contributed by atoms with Crippen molar-refractivity contribution >= 4 is 63.2 Å². The van der Waals surface area contributed by atoms with Gasteiger partial charge in [-0.3, -0.25) is 0 Å². The maximum atomic E-state index is 5.06. The molecule has 8 heavy (non-hydrogen) atoms. The van der Waals surface area contributed by atoms with E-state index in [1.54, 1.807) is 7.11 Å². The van der Waals surface area contributed by atoms with Crippen LogP contribution in [0.3, 0.4) is 0 Å². The van der Waals surface area contributed by atoms with Gasteiger partial charge in [0.2, 0.25) is 0 Å². The zero-order chi connectivity index (χ0) is 6.99. The van der Waals surface area contributed by atoms with E-state index in [0.29, 0.717) is 0 Å². The van der Waals surface area contributed by atoms with Gasteiger partial charge >= 0.3 is 44.0 Å². The molecule has 0 amide bonds. The van der Waals surface area contributed by atoms with E-state index in [-0.39, 0.29) is 4.66 Å². The molecule has 0 unspecified atom stereocenters. The van der Waals surface area contributed by atoms with Crippen LogP contribution in [0.2, 0.25) is 0 Å². The van der Waals surface area contributed by atoms with Gasteiger partial charge in [0.1, 0.15) is 0 Å². The van der Waals surface area contributed by atoms with Crippen LogP contribution in [0, 0.1) is 0 Å². The average Bonchev–Trinajstić information content (AvgIpc) is 1.69. The van der Waals surface area contributed by atoms with Crippen LogP contribution in [-0.4, -0.2) is 19.5 Å². The van der Waals surface area contributed by atoms with Gasteiger partial charge in [-0.15, -0.1) is 22.4 Å². The third-order valence-electron chi connectivity index (χ3n) is 0.225. The summed E-state index contributed by atoms with van der Waals surface area (Å²) >= 11 is 7.96. The van der Waals surface area contributed by atoms with Gasteiger partial charge in [0.25, 0.3) is 0 Å². The van der Waals surface area contributed by atoms with E-state index in [1.165, 1.54) is 10.9 Å². The Kier molecular flexibility index (Phi) is 19.4. The molecule has 0 aliphatic carbocycles. The first kappa shape index (κ1) is 12.9. The first-order valence-corrected chi connectivity index (χ1v) is 7.56. The Labute approximate surface area is 84.8 Å². The van der Waals surface area contributed by atoms with E-state index in [4.69, 9.17) is 7.74 Å². The molecular formula is CH3B2Br2INiO. The standard InChI is InChI=1S/CH3B2IO.2BrH.Ni/c1-5-3(2)4;;;/h1H3;2*1H;/q;;;+2/p-2. The summed E-state index contributed by atoms with van der Waals surface area (Å²) < 4.78 is 4.37.